The molecule has 0 amide bonds. The van der Waals surface area contributed by atoms with Gasteiger partial charge in [-0.05, 0) is 41.3 Å². The van der Waals surface area contributed by atoms with Crippen LogP contribution in [0.2, 0.25) is 0 Å². The number of methoxy groups -OCH3 is 1. The summed E-state index contributed by atoms with van der Waals surface area (Å²) in [4.78, 5) is 23.6. The highest BCUT2D eigenvalue weighted by molar-refractivity contribution is 7.92. The predicted molar refractivity (Wildman–Crippen MR) is 156 cm³/mol. The SMILES string of the molecule is COc1ccccc1Oc1c(NS(=O)(=O)c2ccc(C(C)(C)C)cc2)nc(-c2ccnc(OC(=O)O)c2)nc1OCCO. The van der Waals surface area contributed by atoms with E-state index in [1.54, 1.807) is 36.4 Å². The van der Waals surface area contributed by atoms with Crippen molar-refractivity contribution in [2.45, 2.75) is 31.1 Å². The third-order valence-electron chi connectivity index (χ3n) is 5.89. The van der Waals surface area contributed by atoms with Crippen LogP contribution >= 0.6 is 0 Å². The highest BCUT2D eigenvalue weighted by atomic mass is 32.2. The maximum Gasteiger partial charge on any atom is 0.512 e. The molecule has 2 aromatic carbocycles. The number of carbonyl (C=O) groups is 1. The highest BCUT2D eigenvalue weighted by Crippen LogP contribution is 2.42. The number of sulfonamides is 1. The molecule has 2 heterocycles. The van der Waals surface area contributed by atoms with E-state index in [0.717, 1.165) is 5.56 Å². The first-order valence-electron chi connectivity index (χ1n) is 12.9. The van der Waals surface area contributed by atoms with Gasteiger partial charge in [-0.15, -0.1) is 0 Å². The van der Waals surface area contributed by atoms with Gasteiger partial charge in [-0.2, -0.15) is 4.98 Å². The van der Waals surface area contributed by atoms with Crippen LogP contribution in [0.25, 0.3) is 11.4 Å². The summed E-state index contributed by atoms with van der Waals surface area (Å²) in [5.41, 5.74) is 0.964. The molecule has 14 heteroatoms. The molecule has 43 heavy (non-hydrogen) atoms. The summed E-state index contributed by atoms with van der Waals surface area (Å²) in [5, 5.41) is 18.4. The van der Waals surface area contributed by atoms with Gasteiger partial charge in [0.1, 0.15) is 6.61 Å². The topological polar surface area (TPSA) is 179 Å². The van der Waals surface area contributed by atoms with Gasteiger partial charge < -0.3 is 29.2 Å². The number of nitrogens with zero attached hydrogens (tertiary/aromatic N) is 3. The second-order valence-electron chi connectivity index (χ2n) is 9.99. The number of anilines is 1. The van der Waals surface area contributed by atoms with Crippen LogP contribution in [0, 0.1) is 0 Å². The summed E-state index contributed by atoms with van der Waals surface area (Å²) < 4.78 is 51.4. The number of ether oxygens (including phenoxy) is 4. The van der Waals surface area contributed by atoms with Gasteiger partial charge in [0.05, 0.1) is 18.6 Å². The van der Waals surface area contributed by atoms with Gasteiger partial charge in [0.2, 0.25) is 11.6 Å². The molecule has 0 radical (unpaired) electrons. The molecule has 13 nitrogen and oxygen atoms in total. The largest absolute Gasteiger partial charge is 0.512 e. The number of aliphatic hydroxyl groups is 1. The molecule has 0 fully saturated rings. The first-order chi connectivity index (χ1) is 20.4. The van der Waals surface area contributed by atoms with Crippen molar-refractivity contribution < 1.29 is 42.4 Å². The van der Waals surface area contributed by atoms with E-state index in [1.165, 1.54) is 37.6 Å². The van der Waals surface area contributed by atoms with Crippen LogP contribution in [0.5, 0.6) is 29.0 Å². The summed E-state index contributed by atoms with van der Waals surface area (Å²) in [6.45, 7) is 5.43. The Morgan fingerprint density at radius 2 is 1.70 bits per heavy atom. The number of aromatic nitrogens is 3. The molecule has 226 valence electrons. The average Bonchev–Trinajstić information content (AvgIpc) is 2.96. The van der Waals surface area contributed by atoms with Crippen molar-refractivity contribution >= 4 is 22.0 Å². The Hall–Kier alpha value is -4.95. The van der Waals surface area contributed by atoms with Gasteiger partial charge in [-0.3, -0.25) is 4.72 Å². The van der Waals surface area contributed by atoms with Crippen LogP contribution in [-0.2, 0) is 15.4 Å². The molecule has 0 bridgehead atoms. The maximum atomic E-state index is 13.6. The van der Waals surface area contributed by atoms with Gasteiger partial charge in [-0.1, -0.05) is 45.0 Å². The summed E-state index contributed by atoms with van der Waals surface area (Å²) in [6, 6.07) is 15.8. The minimum Gasteiger partial charge on any atom is -0.493 e. The monoisotopic (exact) mass is 610 g/mol. The van der Waals surface area contributed by atoms with E-state index < -0.39 is 16.2 Å². The van der Waals surface area contributed by atoms with Crippen LogP contribution in [-0.4, -0.2) is 60.1 Å². The van der Waals surface area contributed by atoms with Crippen molar-refractivity contribution in [2.24, 2.45) is 0 Å². The molecule has 3 N–H and O–H groups in total. The number of benzene rings is 2. The van der Waals surface area contributed by atoms with E-state index in [-0.39, 0.29) is 64.0 Å². The van der Waals surface area contributed by atoms with Gasteiger partial charge in [0.15, 0.2) is 23.1 Å². The highest BCUT2D eigenvalue weighted by Gasteiger charge is 2.26. The van der Waals surface area contributed by atoms with Gasteiger partial charge in [-0.25, -0.2) is 23.2 Å². The molecule has 4 aromatic rings. The van der Waals surface area contributed by atoms with E-state index in [2.05, 4.69) is 24.4 Å². The predicted octanol–water partition coefficient (Wildman–Crippen LogP) is 4.87. The van der Waals surface area contributed by atoms with Crippen LogP contribution < -0.4 is 23.7 Å². The lowest BCUT2D eigenvalue weighted by molar-refractivity contribution is 0.142. The van der Waals surface area contributed by atoms with E-state index in [4.69, 9.17) is 19.3 Å². The lowest BCUT2D eigenvalue weighted by Crippen LogP contribution is -2.17. The van der Waals surface area contributed by atoms with Gasteiger partial charge >= 0.3 is 6.16 Å². The van der Waals surface area contributed by atoms with Crippen molar-refractivity contribution in [3.8, 4) is 40.4 Å². The van der Waals surface area contributed by atoms with Crippen LogP contribution in [0.3, 0.4) is 0 Å². The van der Waals surface area contributed by atoms with Crippen molar-refractivity contribution in [2.75, 3.05) is 25.0 Å². The maximum absolute atomic E-state index is 13.6. The number of rotatable bonds is 11. The van der Waals surface area contributed by atoms with Crippen LogP contribution in [0.4, 0.5) is 10.6 Å². The fourth-order valence-electron chi connectivity index (χ4n) is 3.79. The number of hydrogen-bond donors (Lipinski definition) is 3. The smallest absolute Gasteiger partial charge is 0.493 e. The number of pyridine rings is 1. The lowest BCUT2D eigenvalue weighted by Gasteiger charge is -2.20. The zero-order chi connectivity index (χ0) is 31.2. The van der Waals surface area contributed by atoms with Gasteiger partial charge in [0, 0.05) is 17.8 Å². The number of aliphatic hydroxyl groups excluding tert-OH is 1. The fourth-order valence-corrected chi connectivity index (χ4v) is 4.79. The minimum atomic E-state index is -4.24. The molecule has 0 aliphatic rings. The van der Waals surface area contributed by atoms with E-state index in [0.29, 0.717) is 5.75 Å². The molecule has 0 aliphatic carbocycles. The van der Waals surface area contributed by atoms with Crippen LogP contribution in [0.15, 0.2) is 71.8 Å². The lowest BCUT2D eigenvalue weighted by atomic mass is 9.87. The Morgan fingerprint density at radius 3 is 2.33 bits per heavy atom. The normalized spacial score (nSPS) is 11.5. The molecule has 0 saturated carbocycles. The fraction of sp³-hybridized carbons (Fsp3) is 0.241. The number of para-hydroxylation sites is 2. The Morgan fingerprint density at radius 1 is 1.00 bits per heavy atom. The van der Waals surface area contributed by atoms with Crippen molar-refractivity contribution in [1.29, 1.82) is 0 Å². The molecule has 0 saturated heterocycles. The summed E-state index contributed by atoms with van der Waals surface area (Å²) in [7, 11) is -2.80. The minimum absolute atomic E-state index is 0.0391. The standard InChI is InChI=1S/C29H30N4O9S/c1-29(2,3)19-9-11-20(12-10-19)43(37,38)33-26-24(41-22-8-6-5-7-21(22)39-4)27(40-16-15-34)32-25(31-26)18-13-14-30-23(17-18)42-28(35)36/h5-14,17,34H,15-16H2,1-4H3,(H,35,36)(H,31,32,33). The molecule has 0 atom stereocenters. The Balaban J connectivity index is 1.88. The summed E-state index contributed by atoms with van der Waals surface area (Å²) in [5.74, 6) is -0.556. The first-order valence-corrected chi connectivity index (χ1v) is 14.4. The molecule has 0 aliphatic heterocycles. The molecule has 2 aromatic heterocycles. The first kappa shape index (κ1) is 31.0. The summed E-state index contributed by atoms with van der Waals surface area (Å²) >= 11 is 0. The molecule has 0 unspecified atom stereocenters. The average molecular weight is 611 g/mol. The number of carboxylic acid groups (broad SMARTS) is 1. The Bertz CT molecular complexity index is 1710. The van der Waals surface area contributed by atoms with E-state index in [1.807, 2.05) is 20.8 Å². The zero-order valence-electron chi connectivity index (χ0n) is 23.8. The van der Waals surface area contributed by atoms with Crippen molar-refractivity contribution in [1.82, 2.24) is 15.0 Å². The third-order valence-corrected chi connectivity index (χ3v) is 7.25. The van der Waals surface area contributed by atoms with Crippen LogP contribution in [0.1, 0.15) is 26.3 Å². The molecular formula is C29H30N4O9S. The number of nitrogens with one attached hydrogen (secondary N) is 1. The molecule has 0 spiro atoms. The van der Waals surface area contributed by atoms with Crippen molar-refractivity contribution in [3.05, 3.63) is 72.4 Å². The summed E-state index contributed by atoms with van der Waals surface area (Å²) in [6.07, 6.45) is -0.311. The van der Waals surface area contributed by atoms with Gasteiger partial charge in [0.25, 0.3) is 15.9 Å². The quantitative estimate of drug-likeness (QED) is 0.197. The molecular weight excluding hydrogens is 580 g/mol. The van der Waals surface area contributed by atoms with E-state index in [9.17, 15) is 18.3 Å². The van der Waals surface area contributed by atoms with Crippen molar-refractivity contribution in [3.63, 3.8) is 0 Å². The van der Waals surface area contributed by atoms with E-state index >= 15 is 0 Å². The second-order valence-corrected chi connectivity index (χ2v) is 11.7. The second kappa shape index (κ2) is 12.9. The Kier molecular flexibility index (Phi) is 9.31. The Labute approximate surface area is 248 Å². The zero-order valence-corrected chi connectivity index (χ0v) is 24.6. The number of hydrogen-bond acceptors (Lipinski definition) is 11. The third kappa shape index (κ3) is 7.67. The molecule has 4 rings (SSSR count).